The van der Waals surface area contributed by atoms with Gasteiger partial charge in [-0.25, -0.2) is 4.99 Å². The van der Waals surface area contributed by atoms with Crippen molar-refractivity contribution < 1.29 is 14.3 Å². The Kier molecular flexibility index (Phi) is 3.61. The first-order valence-corrected chi connectivity index (χ1v) is 5.65. The van der Waals surface area contributed by atoms with Crippen LogP contribution in [0, 0.1) is 5.41 Å². The highest BCUT2D eigenvalue weighted by Crippen LogP contribution is 2.31. The van der Waals surface area contributed by atoms with Gasteiger partial charge < -0.3 is 9.47 Å². The van der Waals surface area contributed by atoms with E-state index in [1.54, 1.807) is 0 Å². The first kappa shape index (κ1) is 13.0. The predicted molar refractivity (Wildman–Crippen MR) is 62.5 cm³/mol. The van der Waals surface area contributed by atoms with Crippen molar-refractivity contribution >= 4 is 11.9 Å². The van der Waals surface area contributed by atoms with Crippen LogP contribution >= 0.6 is 0 Å². The van der Waals surface area contributed by atoms with E-state index < -0.39 is 0 Å². The molecule has 4 heteroatoms. The second kappa shape index (κ2) is 4.44. The summed E-state index contributed by atoms with van der Waals surface area (Å²) < 4.78 is 10.7. The summed E-state index contributed by atoms with van der Waals surface area (Å²) in [5, 5.41) is 0. The fourth-order valence-corrected chi connectivity index (χ4v) is 1.47. The number of carbonyl (C=O) groups excluding carboxylic acids is 1. The Morgan fingerprint density at radius 1 is 1.62 bits per heavy atom. The second-order valence-electron chi connectivity index (χ2n) is 5.21. The fraction of sp³-hybridized carbons (Fsp3) is 0.833. The molecule has 1 aliphatic heterocycles. The highest BCUT2D eigenvalue weighted by Gasteiger charge is 2.38. The molecule has 0 aliphatic carbocycles. The lowest BCUT2D eigenvalue weighted by molar-refractivity contribution is -0.143. The minimum absolute atomic E-state index is 0.165. The van der Waals surface area contributed by atoms with Crippen molar-refractivity contribution in [2.75, 3.05) is 13.2 Å². The molecule has 1 heterocycles. The molecule has 0 amide bonds. The first-order valence-electron chi connectivity index (χ1n) is 5.65. The number of hydrogen-bond donors (Lipinski definition) is 0. The number of esters is 1. The number of carbonyl (C=O) groups is 1. The molecule has 0 aromatic carbocycles. The standard InChI is InChI=1S/C12H21NO3/c1-6-12(5,8-15-9(2)14)10-13-11(3,4)7-16-10/h6-8H2,1-5H3. The van der Waals surface area contributed by atoms with Crippen LogP contribution in [0.3, 0.4) is 0 Å². The van der Waals surface area contributed by atoms with Crippen LogP contribution in [-0.4, -0.2) is 30.6 Å². The van der Waals surface area contributed by atoms with Crippen LogP contribution in [0.1, 0.15) is 41.0 Å². The molecule has 0 aromatic rings. The van der Waals surface area contributed by atoms with Crippen LogP contribution in [0.4, 0.5) is 0 Å². The lowest BCUT2D eigenvalue weighted by Crippen LogP contribution is -2.33. The van der Waals surface area contributed by atoms with Crippen molar-refractivity contribution in [3.63, 3.8) is 0 Å². The van der Waals surface area contributed by atoms with E-state index in [0.29, 0.717) is 19.1 Å². The number of hydrogen-bond acceptors (Lipinski definition) is 4. The van der Waals surface area contributed by atoms with E-state index in [1.807, 2.05) is 27.7 Å². The molecule has 0 saturated heterocycles. The fourth-order valence-electron chi connectivity index (χ4n) is 1.47. The third-order valence-corrected chi connectivity index (χ3v) is 2.86. The Labute approximate surface area is 97.0 Å². The summed E-state index contributed by atoms with van der Waals surface area (Å²) in [6.07, 6.45) is 0.829. The molecule has 0 bridgehead atoms. The van der Waals surface area contributed by atoms with Gasteiger partial charge in [-0.1, -0.05) is 6.92 Å². The molecule has 1 unspecified atom stereocenters. The third-order valence-electron chi connectivity index (χ3n) is 2.86. The van der Waals surface area contributed by atoms with Crippen molar-refractivity contribution in [2.45, 2.75) is 46.6 Å². The third kappa shape index (κ3) is 2.97. The van der Waals surface area contributed by atoms with Crippen LogP contribution in [0.5, 0.6) is 0 Å². The molecule has 0 radical (unpaired) electrons. The van der Waals surface area contributed by atoms with Crippen molar-refractivity contribution in [2.24, 2.45) is 10.4 Å². The predicted octanol–water partition coefficient (Wildman–Crippen LogP) is 2.17. The van der Waals surface area contributed by atoms with E-state index in [9.17, 15) is 4.79 Å². The van der Waals surface area contributed by atoms with E-state index in [1.165, 1.54) is 6.92 Å². The summed E-state index contributed by atoms with van der Waals surface area (Å²) in [4.78, 5) is 15.4. The molecule has 1 aliphatic rings. The minimum atomic E-state index is -0.306. The van der Waals surface area contributed by atoms with Crippen molar-refractivity contribution in [1.29, 1.82) is 0 Å². The van der Waals surface area contributed by atoms with Gasteiger partial charge in [0.1, 0.15) is 13.2 Å². The Bertz CT molecular complexity index is 309. The Morgan fingerprint density at radius 3 is 2.62 bits per heavy atom. The van der Waals surface area contributed by atoms with Crippen molar-refractivity contribution in [1.82, 2.24) is 0 Å². The molecule has 0 aromatic heterocycles. The molecule has 1 rings (SSSR count). The van der Waals surface area contributed by atoms with Crippen molar-refractivity contribution in [3.05, 3.63) is 0 Å². The van der Waals surface area contributed by atoms with Crippen LogP contribution in [0.2, 0.25) is 0 Å². The van der Waals surface area contributed by atoms with Gasteiger partial charge in [-0.15, -0.1) is 0 Å². The SMILES string of the molecule is CCC(C)(COC(C)=O)C1=NC(C)(C)CO1. The normalized spacial score (nSPS) is 21.9. The molecule has 16 heavy (non-hydrogen) atoms. The van der Waals surface area contributed by atoms with Gasteiger partial charge in [0.05, 0.1) is 11.0 Å². The van der Waals surface area contributed by atoms with Gasteiger partial charge in [-0.2, -0.15) is 0 Å². The maximum absolute atomic E-state index is 10.8. The van der Waals surface area contributed by atoms with E-state index in [-0.39, 0.29) is 16.9 Å². The number of nitrogens with zero attached hydrogens (tertiary/aromatic N) is 1. The molecule has 0 spiro atoms. The minimum Gasteiger partial charge on any atom is -0.478 e. The van der Waals surface area contributed by atoms with E-state index in [4.69, 9.17) is 9.47 Å². The van der Waals surface area contributed by atoms with Crippen LogP contribution in [0.25, 0.3) is 0 Å². The number of rotatable bonds is 4. The Morgan fingerprint density at radius 2 is 2.25 bits per heavy atom. The topological polar surface area (TPSA) is 47.9 Å². The molecule has 92 valence electrons. The van der Waals surface area contributed by atoms with E-state index >= 15 is 0 Å². The van der Waals surface area contributed by atoms with Gasteiger partial charge in [0.25, 0.3) is 0 Å². The lowest BCUT2D eigenvalue weighted by Gasteiger charge is -2.26. The molecular formula is C12H21NO3. The smallest absolute Gasteiger partial charge is 0.302 e. The van der Waals surface area contributed by atoms with Crippen LogP contribution in [-0.2, 0) is 14.3 Å². The van der Waals surface area contributed by atoms with Crippen molar-refractivity contribution in [3.8, 4) is 0 Å². The molecule has 0 fully saturated rings. The van der Waals surface area contributed by atoms with Gasteiger partial charge in [0.2, 0.25) is 0 Å². The van der Waals surface area contributed by atoms with Crippen LogP contribution < -0.4 is 0 Å². The Balaban J connectivity index is 2.77. The lowest BCUT2D eigenvalue weighted by atomic mass is 9.88. The number of aliphatic imine (C=N–C) groups is 1. The van der Waals surface area contributed by atoms with Gasteiger partial charge in [-0.3, -0.25) is 4.79 Å². The highest BCUT2D eigenvalue weighted by molar-refractivity contribution is 5.84. The molecular weight excluding hydrogens is 206 g/mol. The zero-order valence-corrected chi connectivity index (χ0v) is 10.8. The molecule has 1 atom stereocenters. The van der Waals surface area contributed by atoms with E-state index in [0.717, 1.165) is 6.42 Å². The van der Waals surface area contributed by atoms with Gasteiger partial charge in [0, 0.05) is 6.92 Å². The molecule has 4 nitrogen and oxygen atoms in total. The quantitative estimate of drug-likeness (QED) is 0.691. The molecule has 0 N–H and O–H groups in total. The van der Waals surface area contributed by atoms with Crippen LogP contribution in [0.15, 0.2) is 4.99 Å². The average Bonchev–Trinajstić information content (AvgIpc) is 2.56. The molecule has 0 saturated carbocycles. The average molecular weight is 227 g/mol. The Hall–Kier alpha value is -1.06. The number of ether oxygens (including phenoxy) is 2. The second-order valence-corrected chi connectivity index (χ2v) is 5.21. The highest BCUT2D eigenvalue weighted by atomic mass is 16.5. The van der Waals surface area contributed by atoms with Gasteiger partial charge in [0.15, 0.2) is 5.90 Å². The maximum Gasteiger partial charge on any atom is 0.302 e. The largest absolute Gasteiger partial charge is 0.478 e. The summed E-state index contributed by atoms with van der Waals surface area (Å²) in [6, 6.07) is 0. The first-order chi connectivity index (χ1) is 7.29. The van der Waals surface area contributed by atoms with E-state index in [2.05, 4.69) is 4.99 Å². The van der Waals surface area contributed by atoms with Gasteiger partial charge >= 0.3 is 5.97 Å². The zero-order valence-electron chi connectivity index (χ0n) is 10.8. The monoisotopic (exact) mass is 227 g/mol. The summed E-state index contributed by atoms with van der Waals surface area (Å²) in [5.41, 5.74) is -0.471. The van der Waals surface area contributed by atoms with Gasteiger partial charge in [-0.05, 0) is 27.2 Å². The summed E-state index contributed by atoms with van der Waals surface area (Å²) in [7, 11) is 0. The summed E-state index contributed by atoms with van der Waals surface area (Å²) >= 11 is 0. The zero-order chi connectivity index (χ0) is 12.4. The summed E-state index contributed by atoms with van der Waals surface area (Å²) in [5.74, 6) is 0.443. The summed E-state index contributed by atoms with van der Waals surface area (Å²) in [6.45, 7) is 10.4. The maximum atomic E-state index is 10.8.